The second-order valence-corrected chi connectivity index (χ2v) is 10.2. The average Bonchev–Trinajstić information content (AvgIpc) is 3.19. The molecule has 3 heterocycles. The number of rotatable bonds is 4. The molecule has 27 heavy (non-hydrogen) atoms. The zero-order valence-electron chi connectivity index (χ0n) is 16.3. The maximum atomic E-state index is 13.0. The maximum Gasteiger partial charge on any atom is 0.270 e. The van der Waals surface area contributed by atoms with Gasteiger partial charge in [-0.1, -0.05) is 13.8 Å². The summed E-state index contributed by atoms with van der Waals surface area (Å²) in [5, 5.41) is 0. The molecule has 0 bridgehead atoms. The van der Waals surface area contributed by atoms with Gasteiger partial charge < -0.3 is 15.2 Å². The van der Waals surface area contributed by atoms with Crippen molar-refractivity contribution >= 4 is 28.3 Å². The normalized spacial score (nSPS) is 26.8. The van der Waals surface area contributed by atoms with E-state index in [1.54, 1.807) is 27.0 Å². The van der Waals surface area contributed by atoms with Crippen molar-refractivity contribution in [3.63, 3.8) is 0 Å². The Hall–Kier alpha value is -1.09. The molecule has 0 aliphatic carbocycles. The van der Waals surface area contributed by atoms with Crippen LogP contribution in [0.25, 0.3) is 0 Å². The lowest BCUT2D eigenvalue weighted by molar-refractivity contribution is 0.0767. The van der Waals surface area contributed by atoms with Gasteiger partial charge in [-0.15, -0.1) is 12.4 Å². The first-order valence-electron chi connectivity index (χ1n) is 9.32. The van der Waals surface area contributed by atoms with Crippen LogP contribution >= 0.6 is 12.4 Å². The lowest BCUT2D eigenvalue weighted by Crippen LogP contribution is -2.38. The highest BCUT2D eigenvalue weighted by Gasteiger charge is 2.37. The van der Waals surface area contributed by atoms with Gasteiger partial charge in [0.05, 0.1) is 0 Å². The molecule has 2 unspecified atom stereocenters. The van der Waals surface area contributed by atoms with Gasteiger partial charge in [-0.3, -0.25) is 4.79 Å². The molecule has 154 valence electrons. The van der Waals surface area contributed by atoms with Gasteiger partial charge in [-0.25, -0.2) is 8.42 Å². The van der Waals surface area contributed by atoms with E-state index in [1.807, 2.05) is 0 Å². The molecule has 3 rings (SSSR count). The fourth-order valence-corrected chi connectivity index (χ4v) is 5.60. The molecule has 2 fully saturated rings. The molecule has 2 saturated heterocycles. The summed E-state index contributed by atoms with van der Waals surface area (Å²) in [6, 6.07) is 1.52. The van der Waals surface area contributed by atoms with E-state index >= 15 is 0 Å². The minimum atomic E-state index is -3.56. The first kappa shape index (κ1) is 22.2. The van der Waals surface area contributed by atoms with Crippen LogP contribution in [0.1, 0.15) is 43.6 Å². The van der Waals surface area contributed by atoms with Crippen LogP contribution in [-0.2, 0) is 17.1 Å². The molecule has 0 aromatic carbocycles. The van der Waals surface area contributed by atoms with Gasteiger partial charge in [0.1, 0.15) is 10.6 Å². The van der Waals surface area contributed by atoms with E-state index in [0.717, 1.165) is 19.3 Å². The molecule has 2 aliphatic heterocycles. The summed E-state index contributed by atoms with van der Waals surface area (Å²) in [6.45, 7) is 7.05. The topological polar surface area (TPSA) is 88.6 Å². The average molecular weight is 419 g/mol. The first-order valence-corrected chi connectivity index (χ1v) is 10.8. The highest BCUT2D eigenvalue weighted by Crippen LogP contribution is 2.30. The summed E-state index contributed by atoms with van der Waals surface area (Å²) in [4.78, 5) is 14.9. The van der Waals surface area contributed by atoms with E-state index in [-0.39, 0.29) is 28.6 Å². The minimum absolute atomic E-state index is 0. The van der Waals surface area contributed by atoms with Crippen LogP contribution in [0.4, 0.5) is 0 Å². The van der Waals surface area contributed by atoms with Crippen LogP contribution in [0.15, 0.2) is 17.2 Å². The molecule has 0 saturated carbocycles. The Bertz CT molecular complexity index is 795. The fourth-order valence-electron chi connectivity index (χ4n) is 3.93. The molecule has 2 atom stereocenters. The molecule has 9 heteroatoms. The summed E-state index contributed by atoms with van der Waals surface area (Å²) in [6.07, 6.45) is 4.36. The Morgan fingerprint density at radius 1 is 1.37 bits per heavy atom. The Morgan fingerprint density at radius 2 is 2.07 bits per heavy atom. The minimum Gasteiger partial charge on any atom is -0.345 e. The van der Waals surface area contributed by atoms with Crippen LogP contribution in [0, 0.1) is 11.3 Å². The molecule has 0 spiro atoms. The van der Waals surface area contributed by atoms with Crippen molar-refractivity contribution < 1.29 is 13.2 Å². The van der Waals surface area contributed by atoms with Crippen LogP contribution in [0.2, 0.25) is 0 Å². The van der Waals surface area contributed by atoms with Crippen LogP contribution in [0.5, 0.6) is 0 Å². The second kappa shape index (κ2) is 8.11. The number of hydrogen-bond donors (Lipinski definition) is 1. The van der Waals surface area contributed by atoms with Gasteiger partial charge in [-0.05, 0) is 43.2 Å². The number of likely N-dealkylation sites (tertiary alicyclic amines) is 1. The van der Waals surface area contributed by atoms with Crippen LogP contribution in [-0.4, -0.2) is 60.8 Å². The zero-order valence-corrected chi connectivity index (χ0v) is 18.0. The lowest BCUT2D eigenvalue weighted by atomic mass is 9.90. The molecule has 0 radical (unpaired) electrons. The predicted octanol–water partition coefficient (Wildman–Crippen LogP) is 1.68. The van der Waals surface area contributed by atoms with Crippen molar-refractivity contribution in [2.24, 2.45) is 24.1 Å². The van der Waals surface area contributed by atoms with Gasteiger partial charge in [-0.2, -0.15) is 4.31 Å². The Balaban J connectivity index is 0.00000261. The van der Waals surface area contributed by atoms with Crippen molar-refractivity contribution in [1.82, 2.24) is 13.8 Å². The monoisotopic (exact) mass is 418 g/mol. The smallest absolute Gasteiger partial charge is 0.270 e. The Morgan fingerprint density at radius 3 is 2.67 bits per heavy atom. The van der Waals surface area contributed by atoms with Crippen molar-refractivity contribution in [3.05, 3.63) is 18.0 Å². The number of aryl methyl sites for hydroxylation is 1. The van der Waals surface area contributed by atoms with Gasteiger partial charge in [0.2, 0.25) is 10.0 Å². The highest BCUT2D eigenvalue weighted by molar-refractivity contribution is 7.89. The van der Waals surface area contributed by atoms with Crippen LogP contribution in [0.3, 0.4) is 0 Å². The quantitative estimate of drug-likeness (QED) is 0.805. The van der Waals surface area contributed by atoms with Crippen LogP contribution < -0.4 is 5.73 Å². The maximum absolute atomic E-state index is 13.0. The number of aromatic nitrogens is 1. The number of nitrogens with two attached hydrogens (primary N) is 1. The summed E-state index contributed by atoms with van der Waals surface area (Å²) in [5.74, 6) is 0.236. The SMILES string of the molecule is CC1CCCN(S(=O)(=O)c2cc(C(=O)N3CCC(C)(CN)C3)n(C)c2)C1.Cl. The van der Waals surface area contributed by atoms with Gasteiger partial charge >= 0.3 is 0 Å². The molecule has 1 aromatic rings. The number of piperidine rings is 1. The number of carbonyl (C=O) groups is 1. The first-order chi connectivity index (χ1) is 12.2. The molecule has 1 aromatic heterocycles. The van der Waals surface area contributed by atoms with Gasteiger partial charge in [0.15, 0.2) is 0 Å². The second-order valence-electron chi connectivity index (χ2n) is 8.27. The number of carbonyl (C=O) groups excluding carboxylic acids is 1. The fraction of sp³-hybridized carbons (Fsp3) is 0.722. The van der Waals surface area contributed by atoms with E-state index < -0.39 is 10.0 Å². The Labute approximate surface area is 168 Å². The van der Waals surface area contributed by atoms with Gasteiger partial charge in [0.25, 0.3) is 5.91 Å². The number of halogens is 1. The number of nitrogens with zero attached hydrogens (tertiary/aromatic N) is 3. The lowest BCUT2D eigenvalue weighted by Gasteiger charge is -2.29. The number of amides is 1. The third-order valence-corrected chi connectivity index (χ3v) is 7.62. The summed E-state index contributed by atoms with van der Waals surface area (Å²) >= 11 is 0. The third kappa shape index (κ3) is 4.34. The number of hydrogen-bond acceptors (Lipinski definition) is 4. The number of sulfonamides is 1. The molecular weight excluding hydrogens is 388 g/mol. The molecule has 1 amide bonds. The summed E-state index contributed by atoms with van der Waals surface area (Å²) < 4.78 is 29.1. The molecular formula is C18H31ClN4O3S. The molecule has 7 nitrogen and oxygen atoms in total. The standard InChI is InChI=1S/C18H30N4O3S.ClH/c1-14-5-4-7-22(10-14)26(24,25)15-9-16(20(3)11-15)17(23)21-8-6-18(2,12-19)13-21;/h9,11,14H,4-8,10,12-13,19H2,1-3H3;1H. The zero-order chi connectivity index (χ0) is 19.1. The molecule has 2 N–H and O–H groups in total. The van der Waals surface area contributed by atoms with Crippen molar-refractivity contribution in [2.75, 3.05) is 32.7 Å². The van der Waals surface area contributed by atoms with Crippen molar-refractivity contribution in [3.8, 4) is 0 Å². The van der Waals surface area contributed by atoms with Crippen molar-refractivity contribution in [2.45, 2.75) is 38.0 Å². The molecule has 2 aliphatic rings. The van der Waals surface area contributed by atoms with E-state index in [1.165, 1.54) is 6.07 Å². The highest BCUT2D eigenvalue weighted by atomic mass is 35.5. The Kier molecular flexibility index (Phi) is 6.67. The summed E-state index contributed by atoms with van der Waals surface area (Å²) in [5.41, 5.74) is 6.18. The predicted molar refractivity (Wildman–Crippen MR) is 107 cm³/mol. The largest absolute Gasteiger partial charge is 0.345 e. The van der Waals surface area contributed by atoms with E-state index in [0.29, 0.717) is 44.3 Å². The van der Waals surface area contributed by atoms with E-state index in [2.05, 4.69) is 13.8 Å². The van der Waals surface area contributed by atoms with E-state index in [9.17, 15) is 13.2 Å². The summed E-state index contributed by atoms with van der Waals surface area (Å²) in [7, 11) is -1.83. The third-order valence-electron chi connectivity index (χ3n) is 5.79. The van der Waals surface area contributed by atoms with E-state index in [4.69, 9.17) is 5.73 Å². The van der Waals surface area contributed by atoms with Crippen molar-refractivity contribution in [1.29, 1.82) is 0 Å². The van der Waals surface area contributed by atoms with Gasteiger partial charge in [0, 0.05) is 39.4 Å².